The van der Waals surface area contributed by atoms with E-state index in [1.54, 1.807) is 46.1 Å². The van der Waals surface area contributed by atoms with Crippen LogP contribution in [0.15, 0.2) is 53.4 Å². The highest BCUT2D eigenvalue weighted by Crippen LogP contribution is 2.47. The molecule has 0 aromatic heterocycles. The second-order valence-electron chi connectivity index (χ2n) is 14.6. The average Bonchev–Trinajstić information content (AvgIpc) is 3.15. The number of nitrogens with zero attached hydrogens (tertiary/aromatic N) is 2. The van der Waals surface area contributed by atoms with Crippen molar-refractivity contribution in [1.29, 1.82) is 0 Å². The summed E-state index contributed by atoms with van der Waals surface area (Å²) in [5, 5.41) is 0.713. The number of hydrogen-bond donors (Lipinski definition) is 1. The molecule has 1 saturated carbocycles. The van der Waals surface area contributed by atoms with E-state index < -0.39 is 33.7 Å². The van der Waals surface area contributed by atoms with Crippen molar-refractivity contribution in [3.05, 3.63) is 64.7 Å². The Labute approximate surface area is 288 Å². The quantitative estimate of drug-likeness (QED) is 0.369. The number of nitrogens with one attached hydrogen (secondary N) is 1. The number of aryl methyl sites for hydroxylation is 1. The van der Waals surface area contributed by atoms with Gasteiger partial charge in [0.15, 0.2) is 0 Å². The molecule has 1 fully saturated rings. The van der Waals surface area contributed by atoms with Crippen LogP contribution in [0.25, 0.3) is 0 Å². The van der Waals surface area contributed by atoms with Crippen LogP contribution in [0.3, 0.4) is 0 Å². The van der Waals surface area contributed by atoms with Crippen LogP contribution in [0, 0.1) is 11.8 Å². The van der Waals surface area contributed by atoms with Gasteiger partial charge in [-0.3, -0.25) is 9.69 Å². The molecule has 5 atom stereocenters. The van der Waals surface area contributed by atoms with E-state index in [0.29, 0.717) is 36.2 Å². The number of ether oxygens (including phenoxy) is 3. The molecule has 10 nitrogen and oxygen atoms in total. The molecule has 2 bridgehead atoms. The number of anilines is 1. The fraction of sp³-hybridized carbons (Fsp3) is 0.556. The van der Waals surface area contributed by atoms with E-state index >= 15 is 0 Å². The maximum atomic E-state index is 13.8. The first kappa shape index (κ1) is 34.6. The van der Waals surface area contributed by atoms with Gasteiger partial charge in [-0.05, 0) is 113 Å². The number of hydrogen-bond acceptors (Lipinski definition) is 8. The normalized spacial score (nSPS) is 29.3. The van der Waals surface area contributed by atoms with Gasteiger partial charge in [0.1, 0.15) is 17.4 Å². The third-order valence-corrected chi connectivity index (χ3v) is 11.9. The molecule has 1 N–H and O–H groups in total. The van der Waals surface area contributed by atoms with Gasteiger partial charge in [0.25, 0.3) is 15.9 Å². The Bertz CT molecular complexity index is 1710. The number of benzene rings is 2. The molecule has 0 unspecified atom stereocenters. The Hall–Kier alpha value is -3.28. The van der Waals surface area contributed by atoms with Crippen molar-refractivity contribution in [3.63, 3.8) is 0 Å². The summed E-state index contributed by atoms with van der Waals surface area (Å²) in [6.45, 7) is 8.50. The number of methoxy groups -OCH3 is 1. The number of carbonyl (C=O) groups is 2. The molecule has 2 amide bonds. The smallest absolute Gasteiger partial charge is 0.411 e. The van der Waals surface area contributed by atoms with Crippen LogP contribution >= 0.6 is 11.6 Å². The van der Waals surface area contributed by atoms with Crippen molar-refractivity contribution < 1.29 is 32.2 Å². The molecule has 6 rings (SSSR count). The van der Waals surface area contributed by atoms with Gasteiger partial charge in [-0.25, -0.2) is 17.9 Å². The van der Waals surface area contributed by atoms with Crippen molar-refractivity contribution in [3.8, 4) is 5.75 Å². The van der Waals surface area contributed by atoms with Gasteiger partial charge >= 0.3 is 6.09 Å². The Morgan fingerprint density at radius 3 is 2.65 bits per heavy atom. The Morgan fingerprint density at radius 1 is 1.15 bits per heavy atom. The largest absolute Gasteiger partial charge is 0.490 e. The highest BCUT2D eigenvalue weighted by molar-refractivity contribution is 7.90. The predicted molar refractivity (Wildman–Crippen MR) is 184 cm³/mol. The van der Waals surface area contributed by atoms with Gasteiger partial charge < -0.3 is 19.1 Å². The molecule has 2 aliphatic heterocycles. The first-order chi connectivity index (χ1) is 22.7. The lowest BCUT2D eigenvalue weighted by molar-refractivity contribution is -0.123. The van der Waals surface area contributed by atoms with Crippen molar-refractivity contribution in [2.24, 2.45) is 11.8 Å². The van der Waals surface area contributed by atoms with Gasteiger partial charge in [-0.2, -0.15) is 0 Å². The predicted octanol–water partition coefficient (Wildman–Crippen LogP) is 5.85. The fourth-order valence-corrected chi connectivity index (χ4v) is 8.89. The van der Waals surface area contributed by atoms with Gasteiger partial charge in [0.05, 0.1) is 23.3 Å². The lowest BCUT2D eigenvalue weighted by Crippen LogP contribution is -2.51. The zero-order valence-electron chi connectivity index (χ0n) is 28.3. The summed E-state index contributed by atoms with van der Waals surface area (Å²) in [6.07, 6.45) is 7.66. The lowest BCUT2D eigenvalue weighted by atomic mass is 9.68. The van der Waals surface area contributed by atoms with Crippen LogP contribution in [0.5, 0.6) is 5.75 Å². The fourth-order valence-electron chi connectivity index (χ4n) is 7.63. The van der Waals surface area contributed by atoms with Crippen LogP contribution in [-0.4, -0.2) is 76.4 Å². The summed E-state index contributed by atoms with van der Waals surface area (Å²) in [5.74, 6) is 0.235. The Morgan fingerprint density at radius 2 is 1.94 bits per heavy atom. The molecule has 2 heterocycles. The molecule has 260 valence electrons. The molecule has 0 saturated heterocycles. The van der Waals surface area contributed by atoms with Crippen LogP contribution in [0.4, 0.5) is 10.5 Å². The number of sulfonamides is 1. The van der Waals surface area contributed by atoms with E-state index in [-0.39, 0.29) is 34.8 Å². The van der Waals surface area contributed by atoms with Crippen LogP contribution in [0.2, 0.25) is 5.02 Å². The monoisotopic (exact) mass is 699 g/mol. The van der Waals surface area contributed by atoms with Gasteiger partial charge in [0, 0.05) is 37.2 Å². The standard InChI is InChI=1S/C36H46ClN3O7S/c1-23-33(41)38-48(43,44)27-12-15-32-30(19-27)39(21-36(22-46-32)16-6-8-24-18-26(37)11-14-29(24)36)20-25-10-13-28(25)31(45-5)9-7-17-40(23)34(42)47-35(2,3)4/h7,9,11-12,14-15,18-19,23,25,28,31H,6,8,10,13,16-17,20-22H2,1-5H3,(H,38,41)/b9-7+/t23-,25+,28-,31-,36+/m1/s1. The Balaban J connectivity index is 1.41. The topological polar surface area (TPSA) is 114 Å². The number of halogens is 1. The minimum atomic E-state index is -4.31. The van der Waals surface area contributed by atoms with E-state index in [2.05, 4.69) is 21.8 Å². The zero-order chi connectivity index (χ0) is 34.4. The Kier molecular flexibility index (Phi) is 9.52. The SMILES string of the molecule is CO[C@@H]1/C=C/CN(C(=O)OC(C)(C)C)[C@H](C)C(=O)NS(=O)(=O)c2ccc3c(c2)N(C[C@@H]2CC[C@H]21)C[C@@]1(CCCc2cc(Cl)ccc21)CO3. The van der Waals surface area contributed by atoms with Gasteiger partial charge in [-0.15, -0.1) is 0 Å². The summed E-state index contributed by atoms with van der Waals surface area (Å²) in [4.78, 5) is 30.2. The van der Waals surface area contributed by atoms with Crippen LogP contribution in [0.1, 0.15) is 64.5 Å². The molecular weight excluding hydrogens is 654 g/mol. The summed E-state index contributed by atoms with van der Waals surface area (Å²) < 4.78 is 47.9. The van der Waals surface area contributed by atoms with Crippen molar-refractivity contribution in [2.45, 2.75) is 87.9 Å². The lowest BCUT2D eigenvalue weighted by Gasteiger charge is -2.46. The summed E-state index contributed by atoms with van der Waals surface area (Å²) in [5.41, 5.74) is 2.00. The van der Waals surface area contributed by atoms with Gasteiger partial charge in [0.2, 0.25) is 0 Å². The van der Waals surface area contributed by atoms with E-state index in [4.69, 9.17) is 25.8 Å². The highest BCUT2D eigenvalue weighted by atomic mass is 35.5. The third-order valence-electron chi connectivity index (χ3n) is 10.3. The van der Waals surface area contributed by atoms with E-state index in [1.807, 2.05) is 12.1 Å². The maximum absolute atomic E-state index is 13.8. The minimum Gasteiger partial charge on any atom is -0.490 e. The van der Waals surface area contributed by atoms with Crippen molar-refractivity contribution in [1.82, 2.24) is 9.62 Å². The van der Waals surface area contributed by atoms with Crippen LogP contribution in [-0.2, 0) is 36.1 Å². The number of amides is 2. The number of carbonyl (C=O) groups excluding carboxylic acids is 2. The van der Waals surface area contributed by atoms with Gasteiger partial charge in [-0.1, -0.05) is 29.8 Å². The summed E-state index contributed by atoms with van der Waals surface area (Å²) >= 11 is 6.42. The molecule has 12 heteroatoms. The minimum absolute atomic E-state index is 0.0368. The average molecular weight is 700 g/mol. The molecule has 4 aliphatic rings. The zero-order valence-corrected chi connectivity index (χ0v) is 29.9. The maximum Gasteiger partial charge on any atom is 0.411 e. The second kappa shape index (κ2) is 13.2. The second-order valence-corrected chi connectivity index (χ2v) is 16.8. The molecule has 2 aromatic rings. The van der Waals surface area contributed by atoms with Crippen molar-refractivity contribution in [2.75, 3.05) is 38.3 Å². The molecule has 1 spiro atoms. The van der Waals surface area contributed by atoms with Crippen molar-refractivity contribution >= 4 is 39.3 Å². The summed E-state index contributed by atoms with van der Waals surface area (Å²) in [6, 6.07) is 9.73. The third kappa shape index (κ3) is 6.91. The molecule has 0 radical (unpaired) electrons. The first-order valence-electron chi connectivity index (χ1n) is 16.8. The van der Waals surface area contributed by atoms with E-state index in [1.165, 1.54) is 29.0 Å². The summed E-state index contributed by atoms with van der Waals surface area (Å²) in [7, 11) is -2.62. The molecular formula is C36H46ClN3O7S. The van der Waals surface area contributed by atoms with Crippen LogP contribution < -0.4 is 14.4 Å². The molecule has 2 aliphatic carbocycles. The highest BCUT2D eigenvalue weighted by Gasteiger charge is 2.45. The number of rotatable bonds is 1. The number of fused-ring (bicyclic) bond motifs is 4. The first-order valence-corrected chi connectivity index (χ1v) is 18.6. The molecule has 2 aromatic carbocycles. The van der Waals surface area contributed by atoms with E-state index in [0.717, 1.165) is 32.1 Å². The van der Waals surface area contributed by atoms with E-state index in [9.17, 15) is 18.0 Å². The molecule has 48 heavy (non-hydrogen) atoms.